The Kier molecular flexibility index (Phi) is 7.77. The number of carbonyl (C=O) groups excluding carboxylic acids is 2. The number of rotatable bonds is 9. The van der Waals surface area contributed by atoms with E-state index in [9.17, 15) is 14.7 Å². The number of aromatic amines is 1. The Hall–Kier alpha value is -3.92. The molecule has 37 heavy (non-hydrogen) atoms. The van der Waals surface area contributed by atoms with Crippen molar-refractivity contribution in [3.63, 3.8) is 0 Å². The number of nitrogens with two attached hydrogens (primary N) is 2. The minimum absolute atomic E-state index is 0.277. The largest absolute Gasteiger partial charge is 0.381 e. The number of hydrogen-bond donors (Lipinski definition) is 5. The second kappa shape index (κ2) is 11.0. The highest BCUT2D eigenvalue weighted by Gasteiger charge is 2.32. The van der Waals surface area contributed by atoms with Gasteiger partial charge in [0.25, 0.3) is 5.91 Å². The summed E-state index contributed by atoms with van der Waals surface area (Å²) in [5, 5.41) is 14.4. The summed E-state index contributed by atoms with van der Waals surface area (Å²) < 4.78 is 0. The number of nitrogen functional groups attached to an aromatic ring is 1. The number of H-pyrrole nitrogens is 1. The molecule has 0 saturated heterocycles. The van der Waals surface area contributed by atoms with Crippen LogP contribution >= 0.6 is 11.6 Å². The number of primary amides is 1. The lowest BCUT2D eigenvalue weighted by molar-refractivity contribution is -0.127. The molecule has 0 bridgehead atoms. The average Bonchev–Trinajstić information content (AvgIpc) is 3.26. The number of benzene rings is 3. The number of fused-ring (bicyclic) bond motifs is 1. The average molecular weight is 521 g/mol. The first-order chi connectivity index (χ1) is 17.7. The molecule has 0 radical (unpaired) electrons. The number of nitrogens with one attached hydrogen (secondary N) is 2. The highest BCUT2D eigenvalue weighted by molar-refractivity contribution is 6.33. The molecule has 2 atom stereocenters. The number of halogens is 1. The van der Waals surface area contributed by atoms with Crippen LogP contribution < -0.4 is 16.8 Å². The molecule has 2 unspecified atom stereocenters. The maximum atomic E-state index is 13.2. The zero-order valence-electron chi connectivity index (χ0n) is 20.5. The number of anilines is 2. The summed E-state index contributed by atoms with van der Waals surface area (Å²) in [4.78, 5) is 34.1. The van der Waals surface area contributed by atoms with Crippen molar-refractivity contribution < 1.29 is 14.7 Å². The molecule has 1 heterocycles. The number of aliphatic hydroxyl groups excluding tert-OH is 1. The Morgan fingerprint density at radius 3 is 2.49 bits per heavy atom. The summed E-state index contributed by atoms with van der Waals surface area (Å²) in [6, 6.07) is 16.7. The summed E-state index contributed by atoms with van der Waals surface area (Å²) in [6.45, 7) is 5.09. The molecule has 4 rings (SSSR count). The Labute approximate surface area is 219 Å². The maximum Gasteiger partial charge on any atom is 0.255 e. The van der Waals surface area contributed by atoms with Gasteiger partial charge >= 0.3 is 0 Å². The van der Waals surface area contributed by atoms with Gasteiger partial charge in [-0.05, 0) is 54.5 Å². The Morgan fingerprint density at radius 1 is 1.08 bits per heavy atom. The van der Waals surface area contributed by atoms with Crippen LogP contribution in [-0.4, -0.2) is 51.0 Å². The summed E-state index contributed by atoms with van der Waals surface area (Å²) >= 11 is 6.67. The zero-order valence-corrected chi connectivity index (χ0v) is 21.3. The fourth-order valence-corrected chi connectivity index (χ4v) is 4.83. The quantitative estimate of drug-likeness (QED) is 0.225. The molecule has 0 aliphatic carbocycles. The van der Waals surface area contributed by atoms with Crippen LogP contribution in [0.3, 0.4) is 0 Å². The van der Waals surface area contributed by atoms with Crippen molar-refractivity contribution in [2.45, 2.75) is 26.0 Å². The lowest BCUT2D eigenvalue weighted by atomic mass is 9.94. The van der Waals surface area contributed by atoms with E-state index >= 15 is 0 Å². The van der Waals surface area contributed by atoms with E-state index in [-0.39, 0.29) is 5.95 Å². The van der Waals surface area contributed by atoms with Crippen molar-refractivity contribution in [3.05, 3.63) is 76.8 Å². The van der Waals surface area contributed by atoms with E-state index in [1.165, 1.54) is 0 Å². The Morgan fingerprint density at radius 2 is 1.81 bits per heavy atom. The van der Waals surface area contributed by atoms with Crippen molar-refractivity contribution in [3.8, 4) is 11.1 Å². The molecule has 1 aromatic heterocycles. The topological polar surface area (TPSA) is 150 Å². The molecule has 0 spiro atoms. The third kappa shape index (κ3) is 5.43. The Bertz CT molecular complexity index is 1450. The van der Waals surface area contributed by atoms with Gasteiger partial charge in [0.15, 0.2) is 12.1 Å². The maximum absolute atomic E-state index is 13.2. The second-order valence-corrected chi connectivity index (χ2v) is 9.01. The van der Waals surface area contributed by atoms with Crippen LogP contribution in [0.2, 0.25) is 5.02 Å². The predicted molar refractivity (Wildman–Crippen MR) is 146 cm³/mol. The van der Waals surface area contributed by atoms with Gasteiger partial charge in [0.1, 0.15) is 0 Å². The van der Waals surface area contributed by atoms with Crippen molar-refractivity contribution in [1.29, 1.82) is 0 Å². The number of imidazole rings is 1. The number of nitrogens with zero attached hydrogens (tertiary/aromatic N) is 2. The van der Waals surface area contributed by atoms with Gasteiger partial charge in [-0.3, -0.25) is 14.5 Å². The normalized spacial score (nSPS) is 13.0. The molecule has 3 aromatic carbocycles. The van der Waals surface area contributed by atoms with E-state index in [0.717, 1.165) is 0 Å². The summed E-state index contributed by atoms with van der Waals surface area (Å²) in [7, 11) is 0. The molecule has 0 aliphatic heterocycles. The van der Waals surface area contributed by atoms with Crippen LogP contribution in [0, 0.1) is 0 Å². The number of likely N-dealkylation sites (N-methyl/N-ethyl adjacent to an activating group) is 1. The molecular weight excluding hydrogens is 492 g/mol. The van der Waals surface area contributed by atoms with Crippen molar-refractivity contribution >= 4 is 46.1 Å². The van der Waals surface area contributed by atoms with Crippen LogP contribution in [0.5, 0.6) is 0 Å². The number of aliphatic hydroxyl groups is 1. The van der Waals surface area contributed by atoms with E-state index in [1.54, 1.807) is 60.7 Å². The molecule has 10 heteroatoms. The fraction of sp³-hybridized carbons (Fsp3) is 0.222. The standard InChI is InChI=1S/C27H29ClN6O3/c1-3-34(4-2)23(24(35)26(37)31-16-10-12-21-22(14-16)33-27(30)32-21)15-9-11-18(20(28)13-15)17-7-5-6-8-19(17)25(29)36/h5-14,23-24,35H,3-4H2,1-2H3,(H2,29,36)(H,31,37)(H3,30,32,33). The molecule has 7 N–H and O–H groups in total. The monoisotopic (exact) mass is 520 g/mol. The van der Waals surface area contributed by atoms with Gasteiger partial charge in [-0.2, -0.15) is 0 Å². The molecule has 0 aliphatic rings. The minimum atomic E-state index is -1.40. The van der Waals surface area contributed by atoms with Crippen molar-refractivity contribution in [2.75, 3.05) is 24.1 Å². The highest BCUT2D eigenvalue weighted by Crippen LogP contribution is 2.35. The van der Waals surface area contributed by atoms with Crippen molar-refractivity contribution in [2.24, 2.45) is 5.73 Å². The second-order valence-electron chi connectivity index (χ2n) is 8.60. The van der Waals surface area contributed by atoms with Crippen LogP contribution in [0.15, 0.2) is 60.7 Å². The summed E-state index contributed by atoms with van der Waals surface area (Å²) in [6.07, 6.45) is -1.40. The third-order valence-corrected chi connectivity index (χ3v) is 6.67. The third-order valence-electron chi connectivity index (χ3n) is 6.36. The van der Waals surface area contributed by atoms with Gasteiger partial charge in [0.2, 0.25) is 5.91 Å². The number of amides is 2. The molecule has 0 fully saturated rings. The molecule has 4 aromatic rings. The molecule has 192 valence electrons. The van der Waals surface area contributed by atoms with Crippen LogP contribution in [0.25, 0.3) is 22.2 Å². The van der Waals surface area contributed by atoms with E-state index in [0.29, 0.717) is 57.1 Å². The van der Waals surface area contributed by atoms with E-state index in [4.69, 9.17) is 23.1 Å². The summed E-state index contributed by atoms with van der Waals surface area (Å²) in [5.41, 5.74) is 15.3. The zero-order chi connectivity index (χ0) is 26.7. The molecule has 0 saturated carbocycles. The van der Waals surface area contributed by atoms with Gasteiger partial charge < -0.3 is 26.9 Å². The number of carbonyl (C=O) groups is 2. The van der Waals surface area contributed by atoms with Crippen molar-refractivity contribution in [1.82, 2.24) is 14.9 Å². The first kappa shape index (κ1) is 26.2. The lowest BCUT2D eigenvalue weighted by Crippen LogP contribution is -2.42. The minimum Gasteiger partial charge on any atom is -0.381 e. The number of aromatic nitrogens is 2. The predicted octanol–water partition coefficient (Wildman–Crippen LogP) is 3.95. The lowest BCUT2D eigenvalue weighted by Gasteiger charge is -2.33. The van der Waals surface area contributed by atoms with E-state index in [1.807, 2.05) is 18.7 Å². The first-order valence-electron chi connectivity index (χ1n) is 11.9. The van der Waals surface area contributed by atoms with Gasteiger partial charge in [0.05, 0.1) is 17.1 Å². The van der Waals surface area contributed by atoms with E-state index < -0.39 is 24.0 Å². The van der Waals surface area contributed by atoms with Crippen LogP contribution in [-0.2, 0) is 4.79 Å². The van der Waals surface area contributed by atoms with Gasteiger partial charge in [-0.25, -0.2) is 4.98 Å². The first-order valence-corrected chi connectivity index (χ1v) is 12.3. The summed E-state index contributed by atoms with van der Waals surface area (Å²) in [5.74, 6) is -0.846. The van der Waals surface area contributed by atoms with Gasteiger partial charge in [-0.1, -0.05) is 55.8 Å². The molecular formula is C27H29ClN6O3. The highest BCUT2D eigenvalue weighted by atomic mass is 35.5. The smallest absolute Gasteiger partial charge is 0.255 e. The van der Waals surface area contributed by atoms with Gasteiger partial charge in [-0.15, -0.1) is 0 Å². The fourth-order valence-electron chi connectivity index (χ4n) is 4.54. The van der Waals surface area contributed by atoms with Gasteiger partial charge in [0, 0.05) is 21.8 Å². The molecule has 2 amide bonds. The van der Waals surface area contributed by atoms with Crippen LogP contribution in [0.1, 0.15) is 35.8 Å². The number of hydrogen-bond acceptors (Lipinski definition) is 6. The van der Waals surface area contributed by atoms with Crippen LogP contribution in [0.4, 0.5) is 11.6 Å². The van der Waals surface area contributed by atoms with E-state index in [2.05, 4.69) is 15.3 Å². The molecule has 9 nitrogen and oxygen atoms in total. The Balaban J connectivity index is 1.65. The SMILES string of the molecule is CCN(CC)C(c1ccc(-c2ccccc2C(N)=O)c(Cl)c1)C(O)C(=O)Nc1ccc2nc(N)[nH]c2c1.